The van der Waals surface area contributed by atoms with E-state index in [1.807, 2.05) is 19.1 Å². The maximum Gasteiger partial charge on any atom is 0.385 e. The zero-order valence-electron chi connectivity index (χ0n) is 10.4. The Kier molecular flexibility index (Phi) is 2.75. The number of aromatic nitrogens is 4. The minimum atomic E-state index is -0.335. The van der Waals surface area contributed by atoms with E-state index in [9.17, 15) is 4.79 Å². The van der Waals surface area contributed by atoms with E-state index < -0.39 is 0 Å². The third kappa shape index (κ3) is 1.97. The van der Waals surface area contributed by atoms with Crippen molar-refractivity contribution >= 4 is 5.65 Å². The van der Waals surface area contributed by atoms with Crippen LogP contribution in [0.15, 0.2) is 47.4 Å². The molecule has 0 unspecified atom stereocenters. The third-order valence-electron chi connectivity index (χ3n) is 2.78. The van der Waals surface area contributed by atoms with Gasteiger partial charge in [0.15, 0.2) is 5.65 Å². The van der Waals surface area contributed by atoms with Gasteiger partial charge >= 0.3 is 5.69 Å². The molecule has 3 aromatic heterocycles. The van der Waals surface area contributed by atoms with Crippen LogP contribution >= 0.6 is 0 Å². The molecular formula is C13H12N4O2. The highest BCUT2D eigenvalue weighted by Crippen LogP contribution is 2.06. The normalized spacial score (nSPS) is 10.8. The first-order valence-electron chi connectivity index (χ1n) is 5.98. The van der Waals surface area contributed by atoms with Crippen LogP contribution in [-0.4, -0.2) is 19.3 Å². The summed E-state index contributed by atoms with van der Waals surface area (Å²) in [5.74, 6) is 0.325. The van der Waals surface area contributed by atoms with E-state index >= 15 is 0 Å². The van der Waals surface area contributed by atoms with E-state index in [1.165, 1.54) is 4.40 Å². The van der Waals surface area contributed by atoms with E-state index in [4.69, 9.17) is 4.84 Å². The molecule has 0 atom stereocenters. The Morgan fingerprint density at radius 1 is 1.21 bits per heavy atom. The molecule has 6 heteroatoms. The van der Waals surface area contributed by atoms with Gasteiger partial charge in [-0.25, -0.2) is 14.2 Å². The summed E-state index contributed by atoms with van der Waals surface area (Å²) < 4.78 is 1.53. The van der Waals surface area contributed by atoms with Crippen molar-refractivity contribution in [1.82, 2.24) is 19.3 Å². The Morgan fingerprint density at radius 3 is 2.84 bits per heavy atom. The molecule has 0 saturated carbocycles. The fraction of sp³-hybridized carbons (Fsp3) is 0.154. The fourth-order valence-corrected chi connectivity index (χ4v) is 1.89. The molecule has 0 N–H and O–H groups in total. The first-order valence-corrected chi connectivity index (χ1v) is 5.98. The molecule has 0 saturated heterocycles. The molecule has 0 fully saturated rings. The molecule has 0 radical (unpaired) electrons. The smallest absolute Gasteiger partial charge is 0.332 e. The topological polar surface area (TPSA) is 61.4 Å². The van der Waals surface area contributed by atoms with Gasteiger partial charge in [0.25, 0.3) is 0 Å². The van der Waals surface area contributed by atoms with Crippen molar-refractivity contribution in [2.45, 2.75) is 13.3 Å². The van der Waals surface area contributed by atoms with Crippen LogP contribution < -0.4 is 10.5 Å². The first-order chi connectivity index (χ1) is 9.29. The van der Waals surface area contributed by atoms with Gasteiger partial charge in [-0.05, 0) is 29.5 Å². The van der Waals surface area contributed by atoms with Crippen LogP contribution in [0.3, 0.4) is 0 Å². The predicted octanol–water partition coefficient (Wildman–Crippen LogP) is 1.30. The minimum absolute atomic E-state index is 0.325. The maximum absolute atomic E-state index is 12.2. The summed E-state index contributed by atoms with van der Waals surface area (Å²) in [6.07, 6.45) is 2.33. The highest BCUT2D eigenvalue weighted by Gasteiger charge is 2.11. The molecule has 0 aromatic carbocycles. The second kappa shape index (κ2) is 4.56. The Bertz CT molecular complexity index is 761. The number of hydrogen-bond donors (Lipinski definition) is 0. The second-order valence-corrected chi connectivity index (χ2v) is 3.98. The van der Waals surface area contributed by atoms with Crippen LogP contribution in [0.4, 0.5) is 0 Å². The fourth-order valence-electron chi connectivity index (χ4n) is 1.89. The minimum Gasteiger partial charge on any atom is -0.332 e. The highest BCUT2D eigenvalue weighted by molar-refractivity contribution is 5.38. The number of rotatable bonds is 3. The molecular weight excluding hydrogens is 244 g/mol. The van der Waals surface area contributed by atoms with Gasteiger partial charge in [-0.1, -0.05) is 19.1 Å². The van der Waals surface area contributed by atoms with Crippen molar-refractivity contribution in [3.8, 4) is 5.88 Å². The number of fused-ring (bicyclic) bond motifs is 1. The quantitative estimate of drug-likeness (QED) is 0.708. The summed E-state index contributed by atoms with van der Waals surface area (Å²) in [5.41, 5.74) is 1.11. The molecule has 0 aliphatic carbocycles. The summed E-state index contributed by atoms with van der Waals surface area (Å²) >= 11 is 0. The molecule has 3 aromatic rings. The van der Waals surface area contributed by atoms with E-state index in [1.54, 1.807) is 30.5 Å². The molecule has 6 nitrogen and oxygen atoms in total. The maximum atomic E-state index is 12.2. The zero-order valence-corrected chi connectivity index (χ0v) is 10.4. The summed E-state index contributed by atoms with van der Waals surface area (Å²) in [4.78, 5) is 22.5. The monoisotopic (exact) mass is 256 g/mol. The van der Waals surface area contributed by atoms with Gasteiger partial charge < -0.3 is 4.84 Å². The third-order valence-corrected chi connectivity index (χ3v) is 2.78. The van der Waals surface area contributed by atoms with E-state index in [2.05, 4.69) is 10.1 Å². The van der Waals surface area contributed by atoms with Gasteiger partial charge in [0.2, 0.25) is 5.88 Å². The first kappa shape index (κ1) is 11.5. The molecule has 0 spiro atoms. The molecule has 3 heterocycles. The van der Waals surface area contributed by atoms with Gasteiger partial charge in [0, 0.05) is 18.0 Å². The standard InChI is InChI=1S/C13H12N4O2/c1-2-10-6-5-7-11-15-17(13(18)16(10)11)19-12-8-3-4-9-14-12/h3-9H,2H2,1H3. The summed E-state index contributed by atoms with van der Waals surface area (Å²) in [7, 11) is 0. The molecule has 0 aliphatic rings. The van der Waals surface area contributed by atoms with Gasteiger partial charge in [-0.15, -0.1) is 5.10 Å². The molecule has 3 rings (SSSR count). The van der Waals surface area contributed by atoms with Gasteiger partial charge in [0.05, 0.1) is 0 Å². The lowest BCUT2D eigenvalue weighted by Gasteiger charge is -2.00. The van der Waals surface area contributed by atoms with Crippen LogP contribution in [0, 0.1) is 0 Å². The van der Waals surface area contributed by atoms with Gasteiger partial charge in [-0.3, -0.25) is 0 Å². The SMILES string of the molecule is CCc1cccc2nn(Oc3ccccn3)c(=O)n12. The van der Waals surface area contributed by atoms with Gasteiger partial charge in [-0.2, -0.15) is 0 Å². The average molecular weight is 256 g/mol. The van der Waals surface area contributed by atoms with Crippen LogP contribution in [0.2, 0.25) is 0 Å². The van der Waals surface area contributed by atoms with Crippen molar-refractivity contribution in [2.75, 3.05) is 0 Å². The lowest BCUT2D eigenvalue weighted by atomic mass is 10.3. The Labute approximate surface area is 108 Å². The van der Waals surface area contributed by atoms with E-state index in [0.29, 0.717) is 11.5 Å². The van der Waals surface area contributed by atoms with Gasteiger partial charge in [0.1, 0.15) is 0 Å². The predicted molar refractivity (Wildman–Crippen MR) is 69.1 cm³/mol. The van der Waals surface area contributed by atoms with Crippen molar-refractivity contribution in [3.63, 3.8) is 0 Å². The molecule has 0 amide bonds. The van der Waals surface area contributed by atoms with Crippen LogP contribution in [0.1, 0.15) is 12.6 Å². The highest BCUT2D eigenvalue weighted by atomic mass is 16.7. The molecule has 19 heavy (non-hydrogen) atoms. The number of hydrogen-bond acceptors (Lipinski definition) is 4. The van der Waals surface area contributed by atoms with Crippen LogP contribution in [0.25, 0.3) is 5.65 Å². The summed E-state index contributed by atoms with van der Waals surface area (Å²) in [5, 5.41) is 4.12. The number of aryl methyl sites for hydroxylation is 1. The largest absolute Gasteiger partial charge is 0.385 e. The molecule has 0 bridgehead atoms. The van der Waals surface area contributed by atoms with Crippen LogP contribution in [0.5, 0.6) is 5.88 Å². The number of nitrogens with zero attached hydrogens (tertiary/aromatic N) is 4. The zero-order chi connectivity index (χ0) is 13.2. The summed E-state index contributed by atoms with van der Waals surface area (Å²) in [6.45, 7) is 1.98. The second-order valence-electron chi connectivity index (χ2n) is 3.98. The lowest BCUT2D eigenvalue weighted by Crippen LogP contribution is -2.26. The summed E-state index contributed by atoms with van der Waals surface area (Å²) in [6, 6.07) is 10.7. The van der Waals surface area contributed by atoms with E-state index in [-0.39, 0.29) is 5.69 Å². The van der Waals surface area contributed by atoms with Crippen LogP contribution in [-0.2, 0) is 6.42 Å². The van der Waals surface area contributed by atoms with E-state index in [0.717, 1.165) is 17.0 Å². The molecule has 96 valence electrons. The Morgan fingerprint density at radius 2 is 2.11 bits per heavy atom. The van der Waals surface area contributed by atoms with Crippen molar-refractivity contribution < 1.29 is 4.84 Å². The Balaban J connectivity index is 2.11. The van der Waals surface area contributed by atoms with Crippen molar-refractivity contribution in [2.24, 2.45) is 0 Å². The number of pyridine rings is 2. The van der Waals surface area contributed by atoms with Crippen molar-refractivity contribution in [3.05, 3.63) is 58.8 Å². The average Bonchev–Trinajstić information content (AvgIpc) is 2.77. The molecule has 0 aliphatic heterocycles. The van der Waals surface area contributed by atoms with Crippen molar-refractivity contribution in [1.29, 1.82) is 0 Å². The Hall–Kier alpha value is -2.63. The lowest BCUT2D eigenvalue weighted by molar-refractivity contribution is 0.161.